The molecule has 0 aliphatic carbocycles. The number of amides is 1. The van der Waals surface area contributed by atoms with E-state index in [1.165, 1.54) is 4.88 Å². The van der Waals surface area contributed by atoms with Gasteiger partial charge in [0.2, 0.25) is 5.91 Å². The number of thiophene rings is 1. The van der Waals surface area contributed by atoms with Gasteiger partial charge in [0.25, 0.3) is 0 Å². The first kappa shape index (κ1) is 18.4. The van der Waals surface area contributed by atoms with Crippen LogP contribution in [0.1, 0.15) is 18.7 Å². The average molecular weight is 332 g/mol. The molecule has 2 rings (SSSR count). The molecule has 1 amide bonds. The molecule has 120 valence electrons. The Hall–Kier alpha value is -0.620. The Morgan fingerprint density at radius 3 is 2.52 bits per heavy atom. The maximum atomic E-state index is 12.5. The van der Waals surface area contributed by atoms with Gasteiger partial charge in [-0.2, -0.15) is 0 Å². The molecule has 1 saturated heterocycles. The van der Waals surface area contributed by atoms with E-state index in [1.807, 2.05) is 4.90 Å². The third-order valence-electron chi connectivity index (χ3n) is 3.95. The van der Waals surface area contributed by atoms with Gasteiger partial charge in [0.15, 0.2) is 0 Å². The van der Waals surface area contributed by atoms with Crippen molar-refractivity contribution in [3.8, 4) is 0 Å². The van der Waals surface area contributed by atoms with Crippen LogP contribution in [0.2, 0.25) is 0 Å². The number of carbonyl (C=O) groups excluding carboxylic acids is 1. The lowest BCUT2D eigenvalue weighted by atomic mass is 10.0. The molecule has 6 heteroatoms. The third-order valence-corrected chi connectivity index (χ3v) is 4.81. The highest BCUT2D eigenvalue weighted by molar-refractivity contribution is 7.09. The van der Waals surface area contributed by atoms with Gasteiger partial charge >= 0.3 is 0 Å². The van der Waals surface area contributed by atoms with Crippen LogP contribution in [0, 0.1) is 5.92 Å². The topological polar surface area (TPSA) is 35.6 Å². The number of hydrogen-bond donors (Lipinski definition) is 1. The lowest BCUT2D eigenvalue weighted by molar-refractivity contribution is -0.137. The van der Waals surface area contributed by atoms with Gasteiger partial charge in [-0.1, -0.05) is 19.9 Å². The lowest BCUT2D eigenvalue weighted by Crippen LogP contribution is -2.52. The highest BCUT2D eigenvalue weighted by Gasteiger charge is 2.29. The molecule has 2 heterocycles. The fourth-order valence-electron chi connectivity index (χ4n) is 2.38. The molecule has 0 saturated carbocycles. The molecule has 0 atom stereocenters. The molecule has 0 bridgehead atoms. The van der Waals surface area contributed by atoms with Gasteiger partial charge in [0.1, 0.15) is 0 Å². The van der Waals surface area contributed by atoms with E-state index in [-0.39, 0.29) is 18.3 Å². The van der Waals surface area contributed by atoms with Crippen molar-refractivity contribution >= 4 is 29.7 Å². The minimum absolute atomic E-state index is 0. The summed E-state index contributed by atoms with van der Waals surface area (Å²) in [5.74, 6) is 0.496. The minimum atomic E-state index is 0. The van der Waals surface area contributed by atoms with E-state index >= 15 is 0 Å². The van der Waals surface area contributed by atoms with Gasteiger partial charge in [0, 0.05) is 31.1 Å². The van der Waals surface area contributed by atoms with E-state index in [4.69, 9.17) is 0 Å². The summed E-state index contributed by atoms with van der Waals surface area (Å²) >= 11 is 1.73. The zero-order chi connectivity index (χ0) is 14.4. The van der Waals surface area contributed by atoms with E-state index in [0.717, 1.165) is 45.8 Å². The van der Waals surface area contributed by atoms with Gasteiger partial charge in [-0.05, 0) is 24.5 Å². The SMILES string of the molecule is CCN(CC)CCN(Cc1cccs1)C(=O)C1CNC1.Cl. The van der Waals surface area contributed by atoms with Crippen LogP contribution in [0.3, 0.4) is 0 Å². The average Bonchev–Trinajstić information content (AvgIpc) is 2.89. The number of halogens is 1. The van der Waals surface area contributed by atoms with Gasteiger partial charge in [-0.25, -0.2) is 0 Å². The van der Waals surface area contributed by atoms with Crippen molar-refractivity contribution in [3.63, 3.8) is 0 Å². The second-order valence-corrected chi connectivity index (χ2v) is 6.25. The molecule has 4 nitrogen and oxygen atoms in total. The van der Waals surface area contributed by atoms with Crippen molar-refractivity contribution in [3.05, 3.63) is 22.4 Å². The Morgan fingerprint density at radius 2 is 2.05 bits per heavy atom. The van der Waals surface area contributed by atoms with Gasteiger partial charge < -0.3 is 15.1 Å². The fraction of sp³-hybridized carbons (Fsp3) is 0.667. The summed E-state index contributed by atoms with van der Waals surface area (Å²) in [4.78, 5) is 18.2. The minimum Gasteiger partial charge on any atom is -0.336 e. The lowest BCUT2D eigenvalue weighted by Gasteiger charge is -2.33. The van der Waals surface area contributed by atoms with Crippen molar-refractivity contribution in [2.75, 3.05) is 39.3 Å². The third kappa shape index (κ3) is 5.25. The second kappa shape index (κ2) is 9.41. The zero-order valence-electron chi connectivity index (χ0n) is 12.9. The first-order valence-corrected chi connectivity index (χ1v) is 8.36. The van der Waals surface area contributed by atoms with Crippen molar-refractivity contribution in [1.82, 2.24) is 15.1 Å². The highest BCUT2D eigenvalue weighted by Crippen LogP contribution is 2.15. The molecule has 21 heavy (non-hydrogen) atoms. The summed E-state index contributed by atoms with van der Waals surface area (Å²) in [7, 11) is 0. The predicted molar refractivity (Wildman–Crippen MR) is 91.1 cm³/mol. The van der Waals surface area contributed by atoms with Gasteiger partial charge in [-0.15, -0.1) is 23.7 Å². The summed E-state index contributed by atoms with van der Waals surface area (Å²) in [6, 6.07) is 4.17. The van der Waals surface area contributed by atoms with Crippen LogP contribution in [-0.2, 0) is 11.3 Å². The molecule has 1 N–H and O–H groups in total. The number of nitrogens with zero attached hydrogens (tertiary/aromatic N) is 2. The Kier molecular flexibility index (Phi) is 8.26. The van der Waals surface area contributed by atoms with Crippen LogP contribution in [-0.4, -0.2) is 55.0 Å². The summed E-state index contributed by atoms with van der Waals surface area (Å²) < 4.78 is 0. The molecule has 1 aromatic rings. The molecule has 1 aromatic heterocycles. The van der Waals surface area contributed by atoms with Crippen LogP contribution in [0.5, 0.6) is 0 Å². The maximum absolute atomic E-state index is 12.5. The molecule has 0 unspecified atom stereocenters. The Bertz CT molecular complexity index is 405. The molecular formula is C15H26ClN3OS. The number of nitrogens with one attached hydrogen (secondary N) is 1. The zero-order valence-corrected chi connectivity index (χ0v) is 14.5. The smallest absolute Gasteiger partial charge is 0.228 e. The van der Waals surface area contributed by atoms with Crippen molar-refractivity contribution < 1.29 is 4.79 Å². The number of likely N-dealkylation sites (N-methyl/N-ethyl adjacent to an activating group) is 1. The second-order valence-electron chi connectivity index (χ2n) is 5.22. The molecule has 0 spiro atoms. The van der Waals surface area contributed by atoms with Crippen LogP contribution < -0.4 is 5.32 Å². The molecule has 1 aliphatic heterocycles. The normalized spacial score (nSPS) is 14.6. The summed E-state index contributed by atoms with van der Waals surface area (Å²) in [5, 5.41) is 5.26. The van der Waals surface area contributed by atoms with E-state index in [9.17, 15) is 4.79 Å². The standard InChI is InChI=1S/C15H25N3OS.ClH/c1-3-17(4-2)7-8-18(12-14-6-5-9-20-14)15(19)13-10-16-11-13;/h5-6,9,13,16H,3-4,7-8,10-12H2,1-2H3;1H. The predicted octanol–water partition coefficient (Wildman–Crippen LogP) is 2.06. The molecule has 0 aromatic carbocycles. The van der Waals surface area contributed by atoms with Crippen molar-refractivity contribution in [1.29, 1.82) is 0 Å². The number of rotatable bonds is 8. The maximum Gasteiger partial charge on any atom is 0.228 e. The van der Waals surface area contributed by atoms with Gasteiger partial charge in [-0.3, -0.25) is 4.79 Å². The van der Waals surface area contributed by atoms with Crippen LogP contribution in [0.25, 0.3) is 0 Å². The largest absolute Gasteiger partial charge is 0.336 e. The Morgan fingerprint density at radius 1 is 1.33 bits per heavy atom. The van der Waals surface area contributed by atoms with E-state index in [0.29, 0.717) is 5.91 Å². The summed E-state index contributed by atoms with van der Waals surface area (Å²) in [6.45, 7) is 10.7. The van der Waals surface area contributed by atoms with Crippen LogP contribution in [0.4, 0.5) is 0 Å². The first-order valence-electron chi connectivity index (χ1n) is 7.48. The van der Waals surface area contributed by atoms with Crippen LogP contribution >= 0.6 is 23.7 Å². The molecule has 1 fully saturated rings. The van der Waals surface area contributed by atoms with Crippen molar-refractivity contribution in [2.45, 2.75) is 20.4 Å². The number of carbonyl (C=O) groups is 1. The molecule has 1 aliphatic rings. The van der Waals surface area contributed by atoms with E-state index < -0.39 is 0 Å². The molecule has 0 radical (unpaired) electrons. The fourth-order valence-corrected chi connectivity index (χ4v) is 3.10. The van der Waals surface area contributed by atoms with Crippen LogP contribution in [0.15, 0.2) is 17.5 Å². The first-order chi connectivity index (χ1) is 9.74. The Labute approximate surface area is 137 Å². The summed E-state index contributed by atoms with van der Waals surface area (Å²) in [6.07, 6.45) is 0. The number of hydrogen-bond acceptors (Lipinski definition) is 4. The van der Waals surface area contributed by atoms with E-state index in [2.05, 4.69) is 41.6 Å². The monoisotopic (exact) mass is 331 g/mol. The Balaban J connectivity index is 0.00000220. The summed E-state index contributed by atoms with van der Waals surface area (Å²) in [5.41, 5.74) is 0. The molecular weight excluding hydrogens is 306 g/mol. The van der Waals surface area contributed by atoms with Gasteiger partial charge in [0.05, 0.1) is 12.5 Å². The highest BCUT2D eigenvalue weighted by atomic mass is 35.5. The quantitative estimate of drug-likeness (QED) is 0.792. The van der Waals surface area contributed by atoms with E-state index in [1.54, 1.807) is 11.3 Å². The van der Waals surface area contributed by atoms with Crippen molar-refractivity contribution in [2.24, 2.45) is 5.92 Å².